The van der Waals surface area contributed by atoms with Crippen LogP contribution in [0, 0.1) is 0 Å². The summed E-state index contributed by atoms with van der Waals surface area (Å²) in [7, 11) is 1.50. The fraction of sp³-hybridized carbons (Fsp3) is 0.429. The van der Waals surface area contributed by atoms with Gasteiger partial charge in [-0.05, 0) is 18.6 Å². The highest BCUT2D eigenvalue weighted by atomic mass is 19.3. The van der Waals surface area contributed by atoms with E-state index in [1.807, 2.05) is 0 Å². The quantitative estimate of drug-likeness (QED) is 0.821. The van der Waals surface area contributed by atoms with Gasteiger partial charge in [-0.15, -0.1) is 0 Å². The monoisotopic (exact) mass is 297 g/mol. The van der Waals surface area contributed by atoms with Gasteiger partial charge in [0.05, 0.1) is 18.2 Å². The summed E-state index contributed by atoms with van der Waals surface area (Å²) in [6.07, 6.45) is -2.91. The van der Waals surface area contributed by atoms with Crippen molar-refractivity contribution in [2.75, 3.05) is 25.6 Å². The maximum atomic E-state index is 12.8. The van der Waals surface area contributed by atoms with E-state index in [0.29, 0.717) is 29.7 Å². The molecule has 0 aliphatic heterocycles. The van der Waals surface area contributed by atoms with Gasteiger partial charge in [0.15, 0.2) is 5.82 Å². The molecule has 1 atom stereocenters. The van der Waals surface area contributed by atoms with E-state index in [2.05, 4.69) is 15.3 Å². The van der Waals surface area contributed by atoms with E-state index < -0.39 is 18.4 Å². The lowest BCUT2D eigenvalue weighted by atomic mass is 10.2. The van der Waals surface area contributed by atoms with Crippen LogP contribution in [-0.2, 0) is 4.74 Å². The SMILES string of the molecule is COCC(O)CCNc1nc(C(F)F)nc2ccccc12. The van der Waals surface area contributed by atoms with Crippen molar-refractivity contribution < 1.29 is 18.6 Å². The Hall–Kier alpha value is -1.86. The lowest BCUT2D eigenvalue weighted by molar-refractivity contribution is 0.0615. The van der Waals surface area contributed by atoms with Gasteiger partial charge in [0, 0.05) is 19.0 Å². The molecule has 2 N–H and O–H groups in total. The minimum atomic E-state index is -2.73. The zero-order valence-corrected chi connectivity index (χ0v) is 11.6. The number of halogens is 2. The van der Waals surface area contributed by atoms with Crippen LogP contribution in [0.15, 0.2) is 24.3 Å². The molecule has 0 bridgehead atoms. The molecule has 0 aliphatic carbocycles. The molecule has 1 heterocycles. The summed E-state index contributed by atoms with van der Waals surface area (Å²) in [5, 5.41) is 13.2. The van der Waals surface area contributed by atoms with Crippen LogP contribution in [0.25, 0.3) is 10.9 Å². The van der Waals surface area contributed by atoms with Crippen molar-refractivity contribution in [2.24, 2.45) is 0 Å². The van der Waals surface area contributed by atoms with Crippen molar-refractivity contribution in [2.45, 2.75) is 19.0 Å². The third kappa shape index (κ3) is 4.05. The number of methoxy groups -OCH3 is 1. The number of nitrogens with zero attached hydrogens (tertiary/aromatic N) is 2. The van der Waals surface area contributed by atoms with Gasteiger partial charge in [0.25, 0.3) is 6.43 Å². The van der Waals surface area contributed by atoms with Gasteiger partial charge in [0.2, 0.25) is 0 Å². The van der Waals surface area contributed by atoms with Gasteiger partial charge >= 0.3 is 0 Å². The van der Waals surface area contributed by atoms with Crippen LogP contribution >= 0.6 is 0 Å². The minimum Gasteiger partial charge on any atom is -0.391 e. The average molecular weight is 297 g/mol. The molecular formula is C14H17F2N3O2. The summed E-state index contributed by atoms with van der Waals surface area (Å²) in [5.41, 5.74) is 0.461. The first-order chi connectivity index (χ1) is 10.1. The number of ether oxygens (including phenoxy) is 1. The van der Waals surface area contributed by atoms with E-state index in [9.17, 15) is 13.9 Å². The van der Waals surface area contributed by atoms with E-state index in [1.54, 1.807) is 24.3 Å². The fourth-order valence-corrected chi connectivity index (χ4v) is 1.96. The molecule has 0 fully saturated rings. The topological polar surface area (TPSA) is 67.3 Å². The second-order valence-electron chi connectivity index (χ2n) is 4.57. The molecule has 114 valence electrons. The molecule has 2 aromatic rings. The van der Waals surface area contributed by atoms with Crippen LogP contribution in [0.3, 0.4) is 0 Å². The lowest BCUT2D eigenvalue weighted by Crippen LogP contribution is -2.19. The van der Waals surface area contributed by atoms with Crippen LogP contribution < -0.4 is 5.32 Å². The molecule has 0 aliphatic rings. The Morgan fingerprint density at radius 2 is 2.05 bits per heavy atom. The molecule has 5 nitrogen and oxygen atoms in total. The van der Waals surface area contributed by atoms with Gasteiger partial charge in [-0.2, -0.15) is 0 Å². The highest BCUT2D eigenvalue weighted by Crippen LogP contribution is 2.24. The Balaban J connectivity index is 2.17. The Morgan fingerprint density at radius 1 is 1.29 bits per heavy atom. The normalized spacial score (nSPS) is 12.8. The number of aliphatic hydroxyl groups excluding tert-OH is 1. The van der Waals surface area contributed by atoms with Gasteiger partial charge in [0.1, 0.15) is 5.82 Å². The van der Waals surface area contributed by atoms with Crippen molar-refractivity contribution in [1.29, 1.82) is 0 Å². The maximum absolute atomic E-state index is 12.8. The largest absolute Gasteiger partial charge is 0.391 e. The highest BCUT2D eigenvalue weighted by Gasteiger charge is 2.15. The lowest BCUT2D eigenvalue weighted by Gasteiger charge is -2.12. The van der Waals surface area contributed by atoms with E-state index >= 15 is 0 Å². The zero-order valence-electron chi connectivity index (χ0n) is 11.6. The van der Waals surface area contributed by atoms with Gasteiger partial charge in [-0.1, -0.05) is 12.1 Å². The third-order valence-corrected chi connectivity index (χ3v) is 2.94. The Kier molecular flexibility index (Phi) is 5.35. The van der Waals surface area contributed by atoms with Crippen LogP contribution in [0.4, 0.5) is 14.6 Å². The number of alkyl halides is 2. The van der Waals surface area contributed by atoms with E-state index in [0.717, 1.165) is 0 Å². The Morgan fingerprint density at radius 3 is 2.76 bits per heavy atom. The number of hydrogen-bond acceptors (Lipinski definition) is 5. The molecule has 0 amide bonds. The summed E-state index contributed by atoms with van der Waals surface area (Å²) in [5.74, 6) is -0.158. The first kappa shape index (κ1) is 15.5. The number of para-hydroxylation sites is 1. The number of aliphatic hydroxyl groups is 1. The molecule has 21 heavy (non-hydrogen) atoms. The molecule has 7 heteroatoms. The molecule has 1 aromatic heterocycles. The first-order valence-electron chi connectivity index (χ1n) is 6.57. The van der Waals surface area contributed by atoms with Crippen molar-refractivity contribution in [1.82, 2.24) is 9.97 Å². The van der Waals surface area contributed by atoms with Crippen LogP contribution in [0.1, 0.15) is 18.7 Å². The Labute approximate surface area is 121 Å². The van der Waals surface area contributed by atoms with Gasteiger partial charge < -0.3 is 15.2 Å². The standard InChI is InChI=1S/C14H17F2N3O2/c1-21-8-9(20)6-7-17-13-10-4-2-3-5-11(10)18-14(19-13)12(15)16/h2-5,9,12,20H,6-8H2,1H3,(H,17,18,19). The number of benzene rings is 1. The summed E-state index contributed by atoms with van der Waals surface area (Å²) in [6.45, 7) is 0.628. The number of nitrogens with one attached hydrogen (secondary N) is 1. The molecule has 0 saturated carbocycles. The summed E-state index contributed by atoms with van der Waals surface area (Å²) < 4.78 is 30.5. The van der Waals surface area contributed by atoms with Crippen molar-refractivity contribution in [3.8, 4) is 0 Å². The molecule has 0 spiro atoms. The van der Waals surface area contributed by atoms with Gasteiger partial charge in [-0.3, -0.25) is 0 Å². The second kappa shape index (κ2) is 7.24. The number of hydrogen-bond donors (Lipinski definition) is 2. The van der Waals surface area contributed by atoms with Crippen molar-refractivity contribution >= 4 is 16.7 Å². The third-order valence-electron chi connectivity index (χ3n) is 2.94. The van der Waals surface area contributed by atoms with Crippen LogP contribution in [-0.4, -0.2) is 41.4 Å². The summed E-state index contributed by atoms with van der Waals surface area (Å²) >= 11 is 0. The first-order valence-corrected chi connectivity index (χ1v) is 6.57. The summed E-state index contributed by atoms with van der Waals surface area (Å²) in [6, 6.07) is 6.95. The fourth-order valence-electron chi connectivity index (χ4n) is 1.96. The molecule has 1 aromatic carbocycles. The smallest absolute Gasteiger partial charge is 0.297 e. The molecule has 0 saturated heterocycles. The minimum absolute atomic E-state index is 0.231. The molecule has 1 unspecified atom stereocenters. The van der Waals surface area contributed by atoms with Crippen molar-refractivity contribution in [3.05, 3.63) is 30.1 Å². The molecule has 0 radical (unpaired) electrons. The predicted molar refractivity (Wildman–Crippen MR) is 75.5 cm³/mol. The van der Waals surface area contributed by atoms with E-state index in [-0.39, 0.29) is 6.61 Å². The Bertz CT molecular complexity index is 595. The highest BCUT2D eigenvalue weighted by molar-refractivity contribution is 5.88. The molecule has 2 rings (SSSR count). The van der Waals surface area contributed by atoms with Crippen LogP contribution in [0.5, 0.6) is 0 Å². The average Bonchev–Trinajstić information content (AvgIpc) is 2.47. The van der Waals surface area contributed by atoms with E-state index in [4.69, 9.17) is 4.74 Å². The summed E-state index contributed by atoms with van der Waals surface area (Å²) in [4.78, 5) is 7.70. The number of anilines is 1. The van der Waals surface area contributed by atoms with Gasteiger partial charge in [-0.25, -0.2) is 18.7 Å². The van der Waals surface area contributed by atoms with Crippen LogP contribution in [0.2, 0.25) is 0 Å². The number of fused-ring (bicyclic) bond motifs is 1. The maximum Gasteiger partial charge on any atom is 0.297 e. The zero-order chi connectivity index (χ0) is 15.2. The predicted octanol–water partition coefficient (Wildman–Crippen LogP) is 2.38. The number of aromatic nitrogens is 2. The van der Waals surface area contributed by atoms with E-state index in [1.165, 1.54) is 7.11 Å². The van der Waals surface area contributed by atoms with Crippen molar-refractivity contribution in [3.63, 3.8) is 0 Å². The molecular weight excluding hydrogens is 280 g/mol. The second-order valence-corrected chi connectivity index (χ2v) is 4.57. The number of rotatable bonds is 7.